The van der Waals surface area contributed by atoms with Gasteiger partial charge in [0.2, 0.25) is 0 Å². The summed E-state index contributed by atoms with van der Waals surface area (Å²) in [5.41, 5.74) is 2.85. The Bertz CT molecular complexity index is 1160. The molecule has 0 saturated carbocycles. The smallest absolute Gasteiger partial charge is 0.410 e. The first kappa shape index (κ1) is 21.7. The van der Waals surface area contributed by atoms with Crippen molar-refractivity contribution in [1.82, 2.24) is 14.5 Å². The second-order valence-corrected chi connectivity index (χ2v) is 9.13. The lowest BCUT2D eigenvalue weighted by atomic mass is 10.1. The molecule has 0 radical (unpaired) electrons. The van der Waals surface area contributed by atoms with Gasteiger partial charge in [-0.2, -0.15) is 10.2 Å². The summed E-state index contributed by atoms with van der Waals surface area (Å²) in [6.07, 6.45) is 0.580. The largest absolute Gasteiger partial charge is 0.464 e. The van der Waals surface area contributed by atoms with Crippen molar-refractivity contribution in [2.45, 2.75) is 39.3 Å². The zero-order valence-corrected chi connectivity index (χ0v) is 18.7. The Balaban J connectivity index is 1.49. The minimum absolute atomic E-state index is 0.210. The van der Waals surface area contributed by atoms with Crippen molar-refractivity contribution < 1.29 is 14.3 Å². The molecule has 32 heavy (non-hydrogen) atoms. The van der Waals surface area contributed by atoms with Gasteiger partial charge in [0.15, 0.2) is 0 Å². The van der Waals surface area contributed by atoms with Crippen LogP contribution in [0.25, 0.3) is 11.0 Å². The highest BCUT2D eigenvalue weighted by atomic mass is 16.6. The highest BCUT2D eigenvalue weighted by Crippen LogP contribution is 2.26. The Kier molecular flexibility index (Phi) is 6.04. The number of hydrogen-bond acceptors (Lipinski definition) is 5. The van der Waals surface area contributed by atoms with Crippen molar-refractivity contribution >= 4 is 17.1 Å². The Hall–Kier alpha value is -3.53. The summed E-state index contributed by atoms with van der Waals surface area (Å²) in [4.78, 5) is 18.8. The monoisotopic (exact) mass is 432 g/mol. The molecule has 3 aromatic rings. The minimum Gasteiger partial charge on any atom is -0.464 e. The highest BCUT2D eigenvalue weighted by molar-refractivity contribution is 5.76. The van der Waals surface area contributed by atoms with Crippen LogP contribution in [0.2, 0.25) is 0 Å². The molecule has 7 nitrogen and oxygen atoms in total. The molecule has 1 saturated heterocycles. The number of nitriles is 1. The van der Waals surface area contributed by atoms with Crippen molar-refractivity contribution in [2.24, 2.45) is 5.92 Å². The van der Waals surface area contributed by atoms with Gasteiger partial charge in [-0.25, -0.2) is 4.79 Å². The average Bonchev–Trinajstić information content (AvgIpc) is 3.37. The number of carbonyl (C=O) groups is 1. The average molecular weight is 433 g/mol. The second kappa shape index (κ2) is 8.91. The lowest BCUT2D eigenvalue weighted by Gasteiger charge is -2.24. The third-order valence-corrected chi connectivity index (χ3v) is 5.47. The predicted molar refractivity (Wildman–Crippen MR) is 121 cm³/mol. The molecule has 1 amide bonds. The van der Waals surface area contributed by atoms with E-state index in [1.165, 1.54) is 0 Å². The van der Waals surface area contributed by atoms with Crippen molar-refractivity contribution in [3.63, 3.8) is 0 Å². The zero-order chi connectivity index (χ0) is 22.7. The van der Waals surface area contributed by atoms with Crippen molar-refractivity contribution in [3.8, 4) is 12.1 Å². The van der Waals surface area contributed by atoms with Crippen molar-refractivity contribution in [3.05, 3.63) is 59.7 Å². The number of likely N-dealkylation sites (tertiary alicyclic amines) is 1. The zero-order valence-electron chi connectivity index (χ0n) is 18.7. The normalized spacial score (nSPS) is 16.2. The molecule has 1 fully saturated rings. The van der Waals surface area contributed by atoms with E-state index in [0.29, 0.717) is 37.8 Å². The summed E-state index contributed by atoms with van der Waals surface area (Å²) in [7, 11) is 0. The van der Waals surface area contributed by atoms with Crippen LogP contribution in [0.1, 0.15) is 38.3 Å². The van der Waals surface area contributed by atoms with E-state index in [-0.39, 0.29) is 12.0 Å². The molecule has 0 aliphatic carbocycles. The molecular formula is C25H28N4O3. The summed E-state index contributed by atoms with van der Waals surface area (Å²) in [5.74, 6) is 0.210. The number of rotatable bonds is 5. The molecule has 1 aromatic heterocycles. The number of amides is 1. The van der Waals surface area contributed by atoms with Gasteiger partial charge in [-0.1, -0.05) is 30.3 Å². The van der Waals surface area contributed by atoms with E-state index < -0.39 is 5.60 Å². The van der Waals surface area contributed by atoms with Crippen LogP contribution in [0.3, 0.4) is 0 Å². The van der Waals surface area contributed by atoms with Gasteiger partial charge in [-0.05, 0) is 51.0 Å². The summed E-state index contributed by atoms with van der Waals surface area (Å²) in [6, 6.07) is 18.2. The number of fused-ring (bicyclic) bond motifs is 1. The Labute approximate surface area is 188 Å². The first-order chi connectivity index (χ1) is 15.3. The first-order valence-electron chi connectivity index (χ1n) is 10.9. The third-order valence-electron chi connectivity index (χ3n) is 5.47. The predicted octanol–water partition coefficient (Wildman–Crippen LogP) is 4.59. The van der Waals surface area contributed by atoms with Gasteiger partial charge in [-0.3, -0.25) is 4.57 Å². The molecule has 1 unspecified atom stereocenters. The first-order valence-corrected chi connectivity index (χ1v) is 10.9. The number of aromatic nitrogens is 2. The van der Waals surface area contributed by atoms with E-state index in [2.05, 4.69) is 11.1 Å². The number of nitrogens with zero attached hydrogens (tertiary/aromatic N) is 4. The van der Waals surface area contributed by atoms with Gasteiger partial charge < -0.3 is 14.4 Å². The maximum Gasteiger partial charge on any atom is 0.410 e. The Morgan fingerprint density at radius 1 is 1.19 bits per heavy atom. The van der Waals surface area contributed by atoms with Gasteiger partial charge in [0.05, 0.1) is 35.8 Å². The van der Waals surface area contributed by atoms with Gasteiger partial charge in [-0.15, -0.1) is 0 Å². The molecule has 0 N–H and O–H groups in total. The number of carbonyl (C=O) groups excluding carboxylic acids is 1. The molecule has 2 heterocycles. The van der Waals surface area contributed by atoms with E-state index in [1.54, 1.807) is 4.90 Å². The van der Waals surface area contributed by atoms with Crippen LogP contribution < -0.4 is 4.74 Å². The number of benzene rings is 2. The van der Waals surface area contributed by atoms with E-state index in [0.717, 1.165) is 23.0 Å². The van der Waals surface area contributed by atoms with Crippen LogP contribution in [0.4, 0.5) is 4.79 Å². The van der Waals surface area contributed by atoms with Gasteiger partial charge in [0.1, 0.15) is 5.60 Å². The topological polar surface area (TPSA) is 80.4 Å². The molecule has 0 spiro atoms. The van der Waals surface area contributed by atoms with E-state index in [1.807, 2.05) is 73.9 Å². The number of hydrogen-bond donors (Lipinski definition) is 0. The number of ether oxygens (including phenoxy) is 2. The van der Waals surface area contributed by atoms with Crippen molar-refractivity contribution in [2.75, 3.05) is 19.7 Å². The number of para-hydroxylation sites is 2. The summed E-state index contributed by atoms with van der Waals surface area (Å²) in [5, 5.41) is 9.47. The molecule has 2 aromatic carbocycles. The quantitative estimate of drug-likeness (QED) is 0.589. The molecule has 1 aliphatic heterocycles. The SMILES string of the molecule is CC(C)(C)OC(=O)N1CCC(COc2nc3ccccc3n2Cc2ccccc2C#N)C1. The van der Waals surface area contributed by atoms with Crippen LogP contribution in [-0.2, 0) is 11.3 Å². The molecule has 1 atom stereocenters. The summed E-state index contributed by atoms with van der Waals surface area (Å²) in [6.45, 7) is 7.83. The maximum atomic E-state index is 12.3. The van der Waals surface area contributed by atoms with Crippen molar-refractivity contribution in [1.29, 1.82) is 5.26 Å². The molecule has 166 valence electrons. The van der Waals surface area contributed by atoms with Gasteiger partial charge >= 0.3 is 6.09 Å². The third kappa shape index (κ3) is 4.86. The van der Waals surface area contributed by atoms with Crippen LogP contribution in [-0.4, -0.2) is 45.8 Å². The fourth-order valence-electron chi connectivity index (χ4n) is 3.91. The van der Waals surface area contributed by atoms with Gasteiger partial charge in [0, 0.05) is 19.0 Å². The summed E-state index contributed by atoms with van der Waals surface area (Å²) < 4.78 is 13.7. The summed E-state index contributed by atoms with van der Waals surface area (Å²) >= 11 is 0. The van der Waals surface area contributed by atoms with E-state index in [9.17, 15) is 10.1 Å². The molecule has 0 bridgehead atoms. The van der Waals surface area contributed by atoms with Gasteiger partial charge in [0.25, 0.3) is 6.01 Å². The van der Waals surface area contributed by atoms with E-state index in [4.69, 9.17) is 9.47 Å². The Morgan fingerprint density at radius 2 is 1.94 bits per heavy atom. The van der Waals surface area contributed by atoms with Crippen LogP contribution >= 0.6 is 0 Å². The Morgan fingerprint density at radius 3 is 2.72 bits per heavy atom. The lowest BCUT2D eigenvalue weighted by Crippen LogP contribution is -2.35. The van der Waals surface area contributed by atoms with E-state index >= 15 is 0 Å². The fourth-order valence-corrected chi connectivity index (χ4v) is 3.91. The lowest BCUT2D eigenvalue weighted by molar-refractivity contribution is 0.0284. The van der Waals surface area contributed by atoms with Crippen LogP contribution in [0.15, 0.2) is 48.5 Å². The van der Waals surface area contributed by atoms with Crippen LogP contribution in [0, 0.1) is 17.2 Å². The molecular weight excluding hydrogens is 404 g/mol. The minimum atomic E-state index is -0.504. The molecule has 4 rings (SSSR count). The maximum absolute atomic E-state index is 12.3. The highest BCUT2D eigenvalue weighted by Gasteiger charge is 2.30. The molecule has 7 heteroatoms. The second-order valence-electron chi connectivity index (χ2n) is 9.13. The standard InChI is InChI=1S/C25H28N4O3/c1-25(2,3)32-24(30)28-13-12-18(15-28)17-31-23-27-21-10-6-7-11-22(21)29(23)16-20-9-5-4-8-19(20)14-26/h4-11,18H,12-13,15-17H2,1-3H3. The number of imidazole rings is 1. The van der Waals surface area contributed by atoms with Crippen LogP contribution in [0.5, 0.6) is 6.01 Å². The molecule has 1 aliphatic rings. The fraction of sp³-hybridized carbons (Fsp3) is 0.400.